The van der Waals surface area contributed by atoms with Crippen LogP contribution in [0.25, 0.3) is 0 Å². The minimum atomic E-state index is -0.253. The molecule has 0 heterocycles. The summed E-state index contributed by atoms with van der Waals surface area (Å²) in [6, 6.07) is -0.201. The Bertz CT molecular complexity index is 182. The number of aliphatic hydroxyl groups excluding tert-OH is 1. The molecule has 5 nitrogen and oxygen atoms in total. The Morgan fingerprint density at radius 3 is 2.47 bits per heavy atom. The van der Waals surface area contributed by atoms with Crippen LogP contribution in [0.15, 0.2) is 0 Å². The summed E-state index contributed by atoms with van der Waals surface area (Å²) in [5, 5.41) is 11.8. The van der Waals surface area contributed by atoms with Crippen LogP contribution in [-0.4, -0.2) is 43.4 Å². The van der Waals surface area contributed by atoms with Crippen molar-refractivity contribution in [3.05, 3.63) is 0 Å². The van der Waals surface area contributed by atoms with Gasteiger partial charge >= 0.3 is 0 Å². The zero-order valence-electron chi connectivity index (χ0n) is 9.69. The van der Waals surface area contributed by atoms with E-state index in [2.05, 4.69) is 5.32 Å². The molecular weight excluding hydrogens is 196 g/mol. The fourth-order valence-electron chi connectivity index (χ4n) is 1.16. The molecule has 0 saturated carbocycles. The van der Waals surface area contributed by atoms with Crippen molar-refractivity contribution in [1.29, 1.82) is 0 Å². The number of nitrogens with two attached hydrogens (primary N) is 1. The molecule has 0 aromatic carbocycles. The van der Waals surface area contributed by atoms with E-state index < -0.39 is 0 Å². The van der Waals surface area contributed by atoms with Crippen molar-refractivity contribution in [2.24, 2.45) is 11.7 Å². The third kappa shape index (κ3) is 5.71. The number of methoxy groups -OCH3 is 1. The molecule has 0 aromatic heterocycles. The van der Waals surface area contributed by atoms with Crippen molar-refractivity contribution >= 4 is 5.91 Å². The number of ether oxygens (including phenoxy) is 1. The molecule has 2 atom stereocenters. The largest absolute Gasteiger partial charge is 0.394 e. The van der Waals surface area contributed by atoms with Gasteiger partial charge in [0, 0.05) is 13.7 Å². The molecule has 0 rings (SSSR count). The van der Waals surface area contributed by atoms with Crippen molar-refractivity contribution in [1.82, 2.24) is 5.32 Å². The van der Waals surface area contributed by atoms with Crippen LogP contribution >= 0.6 is 0 Å². The number of carbonyl (C=O) groups excluding carboxylic acids is 1. The van der Waals surface area contributed by atoms with E-state index in [0.717, 1.165) is 0 Å². The average Bonchev–Trinajstić information content (AvgIpc) is 2.22. The molecule has 0 aliphatic carbocycles. The lowest BCUT2D eigenvalue weighted by Gasteiger charge is -2.21. The van der Waals surface area contributed by atoms with E-state index in [1.807, 2.05) is 13.8 Å². The predicted octanol–water partition coefficient (Wildman–Crippen LogP) is -0.517. The van der Waals surface area contributed by atoms with E-state index >= 15 is 0 Å². The molecule has 0 fully saturated rings. The second kappa shape index (κ2) is 7.62. The zero-order chi connectivity index (χ0) is 11.8. The maximum Gasteiger partial charge on any atom is 0.222 e. The molecule has 4 N–H and O–H groups in total. The average molecular weight is 218 g/mol. The van der Waals surface area contributed by atoms with Gasteiger partial charge in [0.1, 0.15) is 0 Å². The van der Waals surface area contributed by atoms with Crippen LogP contribution in [0.5, 0.6) is 0 Å². The van der Waals surface area contributed by atoms with E-state index in [0.29, 0.717) is 6.54 Å². The summed E-state index contributed by atoms with van der Waals surface area (Å²) in [6.45, 7) is 4.15. The predicted molar refractivity (Wildman–Crippen MR) is 58.3 cm³/mol. The molecule has 0 aliphatic rings. The Hall–Kier alpha value is -0.650. The third-order valence-electron chi connectivity index (χ3n) is 2.36. The Labute approximate surface area is 91.0 Å². The first-order valence-electron chi connectivity index (χ1n) is 5.18. The standard InChI is InChI=1S/C10H22N2O3/c1-7(2)9(6-13)12-10(14)4-8(5-11)15-3/h7-9,13H,4-6,11H2,1-3H3,(H,12,14). The van der Waals surface area contributed by atoms with Crippen LogP contribution in [0.1, 0.15) is 20.3 Å². The number of hydrogen-bond acceptors (Lipinski definition) is 4. The smallest absolute Gasteiger partial charge is 0.222 e. The van der Waals surface area contributed by atoms with E-state index in [-0.39, 0.29) is 37.0 Å². The van der Waals surface area contributed by atoms with E-state index in [1.54, 1.807) is 0 Å². The fourth-order valence-corrected chi connectivity index (χ4v) is 1.16. The van der Waals surface area contributed by atoms with Crippen LogP contribution in [0.4, 0.5) is 0 Å². The molecule has 2 unspecified atom stereocenters. The highest BCUT2D eigenvalue weighted by molar-refractivity contribution is 5.76. The lowest BCUT2D eigenvalue weighted by molar-refractivity contribution is -0.124. The molecule has 5 heteroatoms. The highest BCUT2D eigenvalue weighted by atomic mass is 16.5. The number of amides is 1. The Morgan fingerprint density at radius 1 is 1.53 bits per heavy atom. The SMILES string of the molecule is COC(CN)CC(=O)NC(CO)C(C)C. The molecule has 0 spiro atoms. The van der Waals surface area contributed by atoms with E-state index in [1.165, 1.54) is 7.11 Å². The zero-order valence-corrected chi connectivity index (χ0v) is 9.69. The van der Waals surface area contributed by atoms with Crippen molar-refractivity contribution in [2.75, 3.05) is 20.3 Å². The van der Waals surface area contributed by atoms with Crippen molar-refractivity contribution in [3.8, 4) is 0 Å². The second-order valence-corrected chi connectivity index (χ2v) is 3.90. The summed E-state index contributed by atoms with van der Waals surface area (Å²) in [4.78, 5) is 11.5. The molecule has 1 amide bonds. The van der Waals surface area contributed by atoms with Gasteiger partial charge in [0.2, 0.25) is 5.91 Å². The lowest BCUT2D eigenvalue weighted by Crippen LogP contribution is -2.43. The van der Waals surface area contributed by atoms with E-state index in [4.69, 9.17) is 15.6 Å². The second-order valence-electron chi connectivity index (χ2n) is 3.90. The van der Waals surface area contributed by atoms with Gasteiger partial charge in [-0.25, -0.2) is 0 Å². The Morgan fingerprint density at radius 2 is 2.13 bits per heavy atom. The first-order valence-corrected chi connectivity index (χ1v) is 5.18. The summed E-state index contributed by atoms with van der Waals surface area (Å²) in [7, 11) is 1.52. The van der Waals surface area contributed by atoms with Crippen molar-refractivity contribution in [2.45, 2.75) is 32.4 Å². The monoisotopic (exact) mass is 218 g/mol. The van der Waals surface area contributed by atoms with Gasteiger partial charge in [0.15, 0.2) is 0 Å². The summed E-state index contributed by atoms with van der Waals surface area (Å²) in [6.07, 6.45) is -0.0209. The summed E-state index contributed by atoms with van der Waals surface area (Å²) in [5.74, 6) is 0.0675. The van der Waals surface area contributed by atoms with Gasteiger partial charge in [-0.1, -0.05) is 13.8 Å². The molecular formula is C10H22N2O3. The minimum Gasteiger partial charge on any atom is -0.394 e. The summed E-state index contributed by atoms with van der Waals surface area (Å²) >= 11 is 0. The molecule has 0 aromatic rings. The van der Waals surface area contributed by atoms with Crippen LogP contribution in [-0.2, 0) is 9.53 Å². The molecule has 0 aliphatic heterocycles. The van der Waals surface area contributed by atoms with Gasteiger partial charge in [-0.3, -0.25) is 4.79 Å². The third-order valence-corrected chi connectivity index (χ3v) is 2.36. The quantitative estimate of drug-likeness (QED) is 0.537. The fraction of sp³-hybridized carbons (Fsp3) is 0.900. The van der Waals surface area contributed by atoms with Crippen molar-refractivity contribution in [3.63, 3.8) is 0 Å². The molecule has 15 heavy (non-hydrogen) atoms. The molecule has 90 valence electrons. The van der Waals surface area contributed by atoms with Gasteiger partial charge in [-0.15, -0.1) is 0 Å². The van der Waals surface area contributed by atoms with Crippen LogP contribution in [0.2, 0.25) is 0 Å². The highest BCUT2D eigenvalue weighted by Crippen LogP contribution is 2.02. The van der Waals surface area contributed by atoms with Gasteiger partial charge in [0.05, 0.1) is 25.2 Å². The first kappa shape index (κ1) is 14.3. The number of hydrogen-bond donors (Lipinski definition) is 3. The van der Waals surface area contributed by atoms with Gasteiger partial charge < -0.3 is 20.9 Å². The Kier molecular flexibility index (Phi) is 7.29. The molecule has 0 bridgehead atoms. The minimum absolute atomic E-state index is 0.0519. The number of carbonyl (C=O) groups is 1. The number of rotatable bonds is 7. The maximum atomic E-state index is 11.5. The lowest BCUT2D eigenvalue weighted by atomic mass is 10.1. The van der Waals surface area contributed by atoms with Crippen molar-refractivity contribution < 1.29 is 14.6 Å². The Balaban J connectivity index is 4.00. The van der Waals surface area contributed by atoms with Gasteiger partial charge in [-0.05, 0) is 5.92 Å². The maximum absolute atomic E-state index is 11.5. The van der Waals surface area contributed by atoms with Gasteiger partial charge in [0.25, 0.3) is 0 Å². The number of nitrogens with one attached hydrogen (secondary N) is 1. The van der Waals surface area contributed by atoms with Crippen LogP contribution < -0.4 is 11.1 Å². The molecule has 0 saturated heterocycles. The number of aliphatic hydroxyl groups is 1. The van der Waals surface area contributed by atoms with Crippen LogP contribution in [0, 0.1) is 5.92 Å². The van der Waals surface area contributed by atoms with Gasteiger partial charge in [-0.2, -0.15) is 0 Å². The van der Waals surface area contributed by atoms with Crippen LogP contribution in [0.3, 0.4) is 0 Å². The summed E-state index contributed by atoms with van der Waals surface area (Å²) in [5.41, 5.74) is 5.40. The highest BCUT2D eigenvalue weighted by Gasteiger charge is 2.17. The topological polar surface area (TPSA) is 84.6 Å². The molecule has 0 radical (unpaired) electrons. The first-order chi connectivity index (χ1) is 7.04. The normalized spacial score (nSPS) is 15.1. The van der Waals surface area contributed by atoms with E-state index in [9.17, 15) is 4.79 Å². The summed E-state index contributed by atoms with van der Waals surface area (Å²) < 4.78 is 5.00.